The van der Waals surface area contributed by atoms with Gasteiger partial charge < -0.3 is 4.52 Å². The van der Waals surface area contributed by atoms with Crippen molar-refractivity contribution in [3.8, 4) is 17.1 Å². The van der Waals surface area contributed by atoms with E-state index >= 15 is 0 Å². The van der Waals surface area contributed by atoms with E-state index in [2.05, 4.69) is 41.6 Å². The Hall–Kier alpha value is -2.52. The van der Waals surface area contributed by atoms with Gasteiger partial charge >= 0.3 is 0 Å². The third kappa shape index (κ3) is 3.68. The summed E-state index contributed by atoms with van der Waals surface area (Å²) in [6.45, 7) is 2.04. The first-order chi connectivity index (χ1) is 12.7. The Morgan fingerprint density at radius 1 is 1.15 bits per heavy atom. The molecule has 0 unspecified atom stereocenters. The Morgan fingerprint density at radius 3 is 2.81 bits per heavy atom. The third-order valence-electron chi connectivity index (χ3n) is 3.60. The van der Waals surface area contributed by atoms with Crippen LogP contribution in [0.5, 0.6) is 0 Å². The van der Waals surface area contributed by atoms with Crippen LogP contribution in [0.4, 0.5) is 0 Å². The van der Waals surface area contributed by atoms with E-state index in [0.717, 1.165) is 15.7 Å². The second kappa shape index (κ2) is 7.38. The molecule has 0 N–H and O–H groups in total. The van der Waals surface area contributed by atoms with Gasteiger partial charge in [-0.3, -0.25) is 0 Å². The van der Waals surface area contributed by atoms with E-state index in [4.69, 9.17) is 4.52 Å². The molecule has 4 aromatic rings. The summed E-state index contributed by atoms with van der Waals surface area (Å²) < 4.78 is 8.00. The van der Waals surface area contributed by atoms with E-state index < -0.39 is 0 Å². The Labute approximate surface area is 161 Å². The Bertz CT molecular complexity index is 1030. The lowest BCUT2D eigenvalue weighted by atomic mass is 10.2. The van der Waals surface area contributed by atoms with Crippen LogP contribution >= 0.6 is 27.7 Å². The zero-order valence-corrected chi connectivity index (χ0v) is 16.1. The molecule has 0 aliphatic heterocycles. The van der Waals surface area contributed by atoms with Gasteiger partial charge in [0.1, 0.15) is 0 Å². The minimum atomic E-state index is 0.479. The summed E-state index contributed by atoms with van der Waals surface area (Å²) in [5.41, 5.74) is 2.98. The summed E-state index contributed by atoms with van der Waals surface area (Å²) >= 11 is 4.88. The van der Waals surface area contributed by atoms with Crippen LogP contribution in [0.3, 0.4) is 0 Å². The van der Waals surface area contributed by atoms with Gasteiger partial charge in [-0.2, -0.15) is 9.67 Å². The number of aryl methyl sites for hydroxylation is 1. The maximum Gasteiger partial charge on any atom is 0.237 e. The fraction of sp³-hybridized carbons (Fsp3) is 0.118. The van der Waals surface area contributed by atoms with Gasteiger partial charge in [0, 0.05) is 10.0 Å². The van der Waals surface area contributed by atoms with E-state index in [-0.39, 0.29) is 0 Å². The standard InChI is InChI=1S/C17H13BrN6OS/c1-11-5-7-14(8-6-11)24-17(20-22-23-24)26-10-15-19-16(21-25-15)12-3-2-4-13(18)9-12/h2-9H,10H2,1H3. The minimum Gasteiger partial charge on any atom is -0.338 e. The lowest BCUT2D eigenvalue weighted by Crippen LogP contribution is -1.99. The van der Waals surface area contributed by atoms with E-state index in [9.17, 15) is 0 Å². The van der Waals surface area contributed by atoms with Crippen molar-refractivity contribution < 1.29 is 4.52 Å². The molecule has 9 heteroatoms. The van der Waals surface area contributed by atoms with Crippen LogP contribution in [0.25, 0.3) is 17.1 Å². The molecule has 2 aromatic heterocycles. The highest BCUT2D eigenvalue weighted by Crippen LogP contribution is 2.24. The molecule has 130 valence electrons. The van der Waals surface area contributed by atoms with Crippen LogP contribution in [0.2, 0.25) is 0 Å². The largest absolute Gasteiger partial charge is 0.338 e. The number of tetrazole rings is 1. The topological polar surface area (TPSA) is 82.5 Å². The summed E-state index contributed by atoms with van der Waals surface area (Å²) in [6, 6.07) is 15.8. The molecule has 0 radical (unpaired) electrons. The third-order valence-corrected chi connectivity index (χ3v) is 4.99. The normalized spacial score (nSPS) is 11.0. The molecule has 0 aliphatic rings. The molecule has 4 rings (SSSR count). The lowest BCUT2D eigenvalue weighted by Gasteiger charge is -2.03. The first-order valence-corrected chi connectivity index (χ1v) is 9.54. The molecule has 0 saturated heterocycles. The number of thioether (sulfide) groups is 1. The molecule has 0 spiro atoms. The molecule has 2 heterocycles. The van der Waals surface area contributed by atoms with Crippen molar-refractivity contribution in [1.82, 2.24) is 30.3 Å². The summed E-state index contributed by atoms with van der Waals surface area (Å²) in [5, 5.41) is 16.6. The SMILES string of the molecule is Cc1ccc(-n2nnnc2SCc2nc(-c3cccc(Br)c3)no2)cc1. The van der Waals surface area contributed by atoms with Crippen molar-refractivity contribution in [3.63, 3.8) is 0 Å². The fourth-order valence-corrected chi connectivity index (χ4v) is 3.43. The molecule has 0 fully saturated rings. The highest BCUT2D eigenvalue weighted by molar-refractivity contribution is 9.10. The van der Waals surface area contributed by atoms with Crippen molar-refractivity contribution in [3.05, 3.63) is 64.5 Å². The van der Waals surface area contributed by atoms with Gasteiger partial charge in [-0.05, 0) is 41.6 Å². The van der Waals surface area contributed by atoms with Crippen LogP contribution < -0.4 is 0 Å². The van der Waals surface area contributed by atoms with Gasteiger partial charge in [-0.25, -0.2) is 0 Å². The van der Waals surface area contributed by atoms with Gasteiger partial charge in [0.25, 0.3) is 0 Å². The second-order valence-electron chi connectivity index (χ2n) is 5.52. The van der Waals surface area contributed by atoms with Crippen molar-refractivity contribution >= 4 is 27.7 Å². The summed E-state index contributed by atoms with van der Waals surface area (Å²) in [7, 11) is 0. The van der Waals surface area contributed by atoms with E-state index in [0.29, 0.717) is 22.6 Å². The van der Waals surface area contributed by atoms with Crippen LogP contribution in [0, 0.1) is 6.92 Å². The molecular formula is C17H13BrN6OS. The number of benzene rings is 2. The number of halogens is 1. The lowest BCUT2D eigenvalue weighted by molar-refractivity contribution is 0.391. The molecule has 0 amide bonds. The molecule has 0 aliphatic carbocycles. The number of aromatic nitrogens is 6. The van der Waals surface area contributed by atoms with Gasteiger partial charge in [0.15, 0.2) is 0 Å². The van der Waals surface area contributed by atoms with E-state index in [1.54, 1.807) is 4.68 Å². The van der Waals surface area contributed by atoms with Gasteiger partial charge in [-0.15, -0.1) is 5.10 Å². The van der Waals surface area contributed by atoms with Crippen LogP contribution in [0.15, 0.2) is 62.7 Å². The minimum absolute atomic E-state index is 0.479. The van der Waals surface area contributed by atoms with Crippen molar-refractivity contribution in [2.45, 2.75) is 17.8 Å². The zero-order chi connectivity index (χ0) is 17.9. The maximum atomic E-state index is 5.34. The Kier molecular flexibility index (Phi) is 4.81. The van der Waals surface area contributed by atoms with E-state index in [1.165, 1.54) is 17.3 Å². The highest BCUT2D eigenvalue weighted by atomic mass is 79.9. The molecule has 2 aromatic carbocycles. The van der Waals surface area contributed by atoms with Crippen LogP contribution in [-0.4, -0.2) is 30.3 Å². The van der Waals surface area contributed by atoms with Gasteiger partial charge in [0.05, 0.1) is 11.4 Å². The summed E-state index contributed by atoms with van der Waals surface area (Å²) in [5.74, 6) is 1.55. The molecule has 0 saturated carbocycles. The molecule has 7 nitrogen and oxygen atoms in total. The molecule has 0 bridgehead atoms. The van der Waals surface area contributed by atoms with Crippen molar-refractivity contribution in [2.24, 2.45) is 0 Å². The first kappa shape index (κ1) is 16.9. The van der Waals surface area contributed by atoms with E-state index in [1.807, 2.05) is 55.5 Å². The van der Waals surface area contributed by atoms with Gasteiger partial charge in [-0.1, -0.05) is 62.7 Å². The average molecular weight is 429 g/mol. The Balaban J connectivity index is 1.49. The van der Waals surface area contributed by atoms with Crippen molar-refractivity contribution in [2.75, 3.05) is 0 Å². The first-order valence-electron chi connectivity index (χ1n) is 7.76. The highest BCUT2D eigenvalue weighted by Gasteiger charge is 2.13. The van der Waals surface area contributed by atoms with Crippen LogP contribution in [-0.2, 0) is 5.75 Å². The van der Waals surface area contributed by atoms with Crippen LogP contribution in [0.1, 0.15) is 11.5 Å². The smallest absolute Gasteiger partial charge is 0.237 e. The second-order valence-corrected chi connectivity index (χ2v) is 7.38. The summed E-state index contributed by atoms with van der Waals surface area (Å²) in [4.78, 5) is 4.44. The zero-order valence-electron chi connectivity index (χ0n) is 13.7. The fourth-order valence-electron chi connectivity index (χ4n) is 2.30. The number of hydrogen-bond acceptors (Lipinski definition) is 7. The molecule has 26 heavy (non-hydrogen) atoms. The van der Waals surface area contributed by atoms with Crippen molar-refractivity contribution in [1.29, 1.82) is 0 Å². The predicted octanol–water partition coefficient (Wildman–Crippen LogP) is 4.08. The maximum absolute atomic E-state index is 5.34. The summed E-state index contributed by atoms with van der Waals surface area (Å²) in [6.07, 6.45) is 0. The number of nitrogens with zero attached hydrogens (tertiary/aromatic N) is 6. The number of hydrogen-bond donors (Lipinski definition) is 0. The average Bonchev–Trinajstić information content (AvgIpc) is 3.30. The predicted molar refractivity (Wildman–Crippen MR) is 101 cm³/mol. The molecule has 0 atom stereocenters. The number of rotatable bonds is 5. The monoisotopic (exact) mass is 428 g/mol. The van der Waals surface area contributed by atoms with Gasteiger partial charge in [0.2, 0.25) is 16.9 Å². The quantitative estimate of drug-likeness (QED) is 0.442. The Morgan fingerprint density at radius 2 is 2.00 bits per heavy atom. The molecular weight excluding hydrogens is 416 g/mol.